The minimum absolute atomic E-state index is 0.000745. The van der Waals surface area contributed by atoms with Crippen molar-refractivity contribution >= 4 is 50.7 Å². The molecule has 0 unspecified atom stereocenters. The predicted molar refractivity (Wildman–Crippen MR) is 149 cm³/mol. The SMILES string of the molecule is CCCCNC(=O)[C@@H](CC)N(Cc1ccc(Cl)cc1Cl)C(=O)CN(c1ccccc1OCC)S(C)(=O)=O. The van der Waals surface area contributed by atoms with Crippen molar-refractivity contribution in [2.75, 3.05) is 30.3 Å². The van der Waals surface area contributed by atoms with E-state index >= 15 is 0 Å². The normalized spacial score (nSPS) is 12.1. The molecule has 37 heavy (non-hydrogen) atoms. The second-order valence-electron chi connectivity index (χ2n) is 8.50. The number of para-hydroxylation sites is 2. The molecule has 0 fully saturated rings. The maximum atomic E-state index is 13.8. The predicted octanol–water partition coefficient (Wildman–Crippen LogP) is 4.88. The van der Waals surface area contributed by atoms with Crippen LogP contribution in [0.3, 0.4) is 0 Å². The number of anilines is 1. The van der Waals surface area contributed by atoms with E-state index in [2.05, 4.69) is 5.32 Å². The number of carbonyl (C=O) groups is 2. The van der Waals surface area contributed by atoms with E-state index in [0.717, 1.165) is 23.4 Å². The van der Waals surface area contributed by atoms with E-state index in [1.54, 1.807) is 56.3 Å². The van der Waals surface area contributed by atoms with Crippen molar-refractivity contribution < 1.29 is 22.7 Å². The van der Waals surface area contributed by atoms with Crippen LogP contribution < -0.4 is 14.4 Å². The molecule has 0 aromatic heterocycles. The Bertz CT molecular complexity index is 1180. The first-order valence-electron chi connectivity index (χ1n) is 12.2. The molecule has 2 rings (SSSR count). The number of halogens is 2. The van der Waals surface area contributed by atoms with E-state index in [9.17, 15) is 18.0 Å². The number of ether oxygens (including phenoxy) is 1. The summed E-state index contributed by atoms with van der Waals surface area (Å²) in [5.41, 5.74) is 0.824. The summed E-state index contributed by atoms with van der Waals surface area (Å²) in [5.74, 6) is -0.532. The fraction of sp³-hybridized carbons (Fsp3) is 0.462. The molecule has 1 atom stereocenters. The van der Waals surface area contributed by atoms with Crippen LogP contribution in [0.25, 0.3) is 0 Å². The van der Waals surface area contributed by atoms with Crippen molar-refractivity contribution in [3.05, 3.63) is 58.1 Å². The molecule has 204 valence electrons. The molecule has 0 saturated heterocycles. The van der Waals surface area contributed by atoms with Gasteiger partial charge in [-0.05, 0) is 49.6 Å². The number of hydrogen-bond acceptors (Lipinski definition) is 5. The van der Waals surface area contributed by atoms with E-state index in [4.69, 9.17) is 27.9 Å². The standard InChI is InChI=1S/C26H35Cl2N3O5S/c1-5-8-15-29-26(33)22(6-2)30(17-19-13-14-20(27)16-21(19)28)25(32)18-31(37(4,34)35)23-11-9-10-12-24(23)36-7-3/h9-14,16,22H,5-8,15,17-18H2,1-4H3,(H,29,33)/t22-/m1/s1. The molecule has 0 spiro atoms. The minimum Gasteiger partial charge on any atom is -0.492 e. The molecule has 0 bridgehead atoms. The molecule has 2 aromatic rings. The number of rotatable bonds is 14. The smallest absolute Gasteiger partial charge is 0.244 e. The van der Waals surface area contributed by atoms with Gasteiger partial charge in [0.1, 0.15) is 18.3 Å². The first-order valence-corrected chi connectivity index (χ1v) is 14.8. The Hall–Kier alpha value is -2.49. The van der Waals surface area contributed by atoms with Crippen LogP contribution in [0.4, 0.5) is 5.69 Å². The number of nitrogens with zero attached hydrogens (tertiary/aromatic N) is 2. The summed E-state index contributed by atoms with van der Waals surface area (Å²) in [4.78, 5) is 28.3. The highest BCUT2D eigenvalue weighted by molar-refractivity contribution is 7.92. The van der Waals surface area contributed by atoms with Gasteiger partial charge < -0.3 is 15.0 Å². The van der Waals surface area contributed by atoms with Gasteiger partial charge in [-0.1, -0.05) is 61.7 Å². The molecule has 8 nitrogen and oxygen atoms in total. The van der Waals surface area contributed by atoms with Crippen molar-refractivity contribution in [3.63, 3.8) is 0 Å². The molecule has 1 N–H and O–H groups in total. The van der Waals surface area contributed by atoms with E-state index < -0.39 is 28.5 Å². The number of unbranched alkanes of at least 4 members (excludes halogenated alkanes) is 1. The van der Waals surface area contributed by atoms with Crippen LogP contribution in [0.5, 0.6) is 5.75 Å². The topological polar surface area (TPSA) is 96.0 Å². The van der Waals surface area contributed by atoms with Crippen LogP contribution in [-0.4, -0.2) is 57.1 Å². The van der Waals surface area contributed by atoms with Gasteiger partial charge in [0, 0.05) is 23.1 Å². The van der Waals surface area contributed by atoms with E-state index in [0.29, 0.717) is 40.9 Å². The maximum Gasteiger partial charge on any atom is 0.244 e. The van der Waals surface area contributed by atoms with Gasteiger partial charge in [0.2, 0.25) is 21.8 Å². The Morgan fingerprint density at radius 1 is 1.08 bits per heavy atom. The summed E-state index contributed by atoms with van der Waals surface area (Å²) in [6, 6.07) is 10.7. The number of benzene rings is 2. The third kappa shape index (κ3) is 8.79. The lowest BCUT2D eigenvalue weighted by molar-refractivity contribution is -0.140. The highest BCUT2D eigenvalue weighted by Gasteiger charge is 2.32. The van der Waals surface area contributed by atoms with Gasteiger partial charge in [-0.3, -0.25) is 13.9 Å². The Kier molecular flexibility index (Phi) is 12.0. The lowest BCUT2D eigenvalue weighted by Crippen LogP contribution is -2.52. The summed E-state index contributed by atoms with van der Waals surface area (Å²) in [6.07, 6.45) is 3.05. The summed E-state index contributed by atoms with van der Waals surface area (Å²) in [6.45, 7) is 5.88. The van der Waals surface area contributed by atoms with Crippen LogP contribution in [0, 0.1) is 0 Å². The first kappa shape index (κ1) is 30.7. The quantitative estimate of drug-likeness (QED) is 0.326. The van der Waals surface area contributed by atoms with Crippen molar-refractivity contribution in [1.29, 1.82) is 0 Å². The average Bonchev–Trinajstić information content (AvgIpc) is 2.84. The van der Waals surface area contributed by atoms with Gasteiger partial charge in [-0.2, -0.15) is 0 Å². The zero-order chi connectivity index (χ0) is 27.6. The third-order valence-electron chi connectivity index (χ3n) is 5.68. The van der Waals surface area contributed by atoms with Crippen molar-refractivity contribution in [3.8, 4) is 5.75 Å². The van der Waals surface area contributed by atoms with Gasteiger partial charge in [-0.25, -0.2) is 8.42 Å². The van der Waals surface area contributed by atoms with Crippen LogP contribution >= 0.6 is 23.2 Å². The fourth-order valence-corrected chi connectivity index (χ4v) is 5.12. The zero-order valence-electron chi connectivity index (χ0n) is 21.7. The number of sulfonamides is 1. The van der Waals surface area contributed by atoms with Gasteiger partial charge in [0.25, 0.3) is 0 Å². The Morgan fingerprint density at radius 3 is 2.38 bits per heavy atom. The molecule has 0 radical (unpaired) electrons. The monoisotopic (exact) mass is 571 g/mol. The van der Waals surface area contributed by atoms with Crippen molar-refractivity contribution in [1.82, 2.24) is 10.2 Å². The second-order valence-corrected chi connectivity index (χ2v) is 11.2. The Balaban J connectivity index is 2.48. The molecule has 0 aliphatic heterocycles. The molecule has 0 heterocycles. The van der Waals surface area contributed by atoms with Crippen LogP contribution in [-0.2, 0) is 26.2 Å². The van der Waals surface area contributed by atoms with E-state index in [1.165, 1.54) is 4.90 Å². The zero-order valence-corrected chi connectivity index (χ0v) is 24.0. The summed E-state index contributed by atoms with van der Waals surface area (Å²) in [5, 5.41) is 3.66. The average molecular weight is 573 g/mol. The molecule has 0 aliphatic carbocycles. The highest BCUT2D eigenvalue weighted by Crippen LogP contribution is 2.30. The van der Waals surface area contributed by atoms with Gasteiger partial charge in [0.15, 0.2) is 0 Å². The van der Waals surface area contributed by atoms with E-state index in [1.807, 2.05) is 6.92 Å². The fourth-order valence-electron chi connectivity index (χ4n) is 3.79. The van der Waals surface area contributed by atoms with Crippen LogP contribution in [0.2, 0.25) is 10.0 Å². The number of hydrogen-bond donors (Lipinski definition) is 1. The third-order valence-corrected chi connectivity index (χ3v) is 7.40. The maximum absolute atomic E-state index is 13.8. The second kappa shape index (κ2) is 14.4. The number of amides is 2. The number of nitrogens with one attached hydrogen (secondary N) is 1. The minimum atomic E-state index is -3.88. The molecule has 2 aromatic carbocycles. The lowest BCUT2D eigenvalue weighted by Gasteiger charge is -2.33. The van der Waals surface area contributed by atoms with Crippen molar-refractivity contribution in [2.45, 2.75) is 52.6 Å². The summed E-state index contributed by atoms with van der Waals surface area (Å²) >= 11 is 12.4. The highest BCUT2D eigenvalue weighted by atomic mass is 35.5. The summed E-state index contributed by atoms with van der Waals surface area (Å²) < 4.78 is 32.3. The van der Waals surface area contributed by atoms with Crippen LogP contribution in [0.1, 0.15) is 45.6 Å². The van der Waals surface area contributed by atoms with Crippen LogP contribution in [0.15, 0.2) is 42.5 Å². The Morgan fingerprint density at radius 2 is 1.78 bits per heavy atom. The largest absolute Gasteiger partial charge is 0.492 e. The molecule has 0 aliphatic rings. The molecule has 11 heteroatoms. The number of carbonyl (C=O) groups excluding carboxylic acids is 2. The first-order chi connectivity index (χ1) is 17.5. The van der Waals surface area contributed by atoms with E-state index in [-0.39, 0.29) is 18.1 Å². The van der Waals surface area contributed by atoms with Gasteiger partial charge >= 0.3 is 0 Å². The van der Waals surface area contributed by atoms with Gasteiger partial charge in [0.05, 0.1) is 18.6 Å². The molecular weight excluding hydrogens is 537 g/mol. The van der Waals surface area contributed by atoms with Crippen molar-refractivity contribution in [2.24, 2.45) is 0 Å². The molecule has 0 saturated carbocycles. The Labute approximate surface area is 229 Å². The molecular formula is C26H35Cl2N3O5S. The van der Waals surface area contributed by atoms with Gasteiger partial charge in [-0.15, -0.1) is 0 Å². The lowest BCUT2D eigenvalue weighted by atomic mass is 10.1. The summed E-state index contributed by atoms with van der Waals surface area (Å²) in [7, 11) is -3.88. The molecule has 2 amide bonds.